The lowest BCUT2D eigenvalue weighted by molar-refractivity contribution is -0.114. The van der Waals surface area contributed by atoms with Crippen molar-refractivity contribution in [2.24, 2.45) is 11.1 Å². The van der Waals surface area contributed by atoms with Crippen molar-refractivity contribution in [3.63, 3.8) is 0 Å². The summed E-state index contributed by atoms with van der Waals surface area (Å²) >= 11 is 0. The lowest BCUT2D eigenvalue weighted by Crippen LogP contribution is -2.19. The summed E-state index contributed by atoms with van der Waals surface area (Å²) in [6.45, 7) is 7.16. The Hall–Kier alpha value is -2.88. The molecule has 2 aromatic heterocycles. The molecule has 0 unspecified atom stereocenters. The number of nitrogens with one attached hydrogen (secondary N) is 2. The molecule has 23 heavy (non-hydrogen) atoms. The molecule has 0 saturated carbocycles. The third-order valence-corrected chi connectivity index (χ3v) is 3.17. The highest BCUT2D eigenvalue weighted by Crippen LogP contribution is 2.19. The van der Waals surface area contributed by atoms with Crippen molar-refractivity contribution in [1.82, 2.24) is 15.0 Å². The Bertz CT molecular complexity index is 791. The second-order valence-corrected chi connectivity index (χ2v) is 6.48. The molecule has 2 aromatic rings. The fourth-order valence-electron chi connectivity index (χ4n) is 1.95. The molecule has 0 fully saturated rings. The van der Waals surface area contributed by atoms with E-state index in [1.54, 1.807) is 18.5 Å². The normalized spacial score (nSPS) is 12.2. The van der Waals surface area contributed by atoms with Crippen LogP contribution in [0.3, 0.4) is 0 Å². The van der Waals surface area contributed by atoms with Crippen molar-refractivity contribution in [3.8, 4) is 6.07 Å². The second-order valence-electron chi connectivity index (χ2n) is 6.48. The van der Waals surface area contributed by atoms with Crippen molar-refractivity contribution >= 4 is 22.9 Å². The molecule has 7 nitrogen and oxygen atoms in total. The number of allylic oxidation sites excluding steroid dienone is 1. The highest BCUT2D eigenvalue weighted by molar-refractivity contribution is 5.96. The molecule has 1 amide bonds. The van der Waals surface area contributed by atoms with Crippen LogP contribution in [0.15, 0.2) is 24.0 Å². The summed E-state index contributed by atoms with van der Waals surface area (Å²) in [5.74, 6) is -0.0429. The smallest absolute Gasteiger partial charge is 0.259 e. The number of carbonyl (C=O) groups excluding carboxylic acids is 1. The summed E-state index contributed by atoms with van der Waals surface area (Å²) in [6, 6.07) is 1.79. The monoisotopic (exact) mass is 312 g/mol. The number of primary amides is 1. The first-order chi connectivity index (χ1) is 10.8. The SMILES string of the molecule is CC(C)(C)CNc1cnc2[nH]cc(CC=C(C#N)C(N)=O)c2n1. The first-order valence-electron chi connectivity index (χ1n) is 7.27. The van der Waals surface area contributed by atoms with Crippen molar-refractivity contribution in [2.75, 3.05) is 11.9 Å². The molecule has 4 N–H and O–H groups in total. The molecule has 0 saturated heterocycles. The Morgan fingerprint density at radius 2 is 2.26 bits per heavy atom. The number of nitrogens with two attached hydrogens (primary N) is 1. The van der Waals surface area contributed by atoms with Crippen molar-refractivity contribution in [2.45, 2.75) is 27.2 Å². The molecule has 0 aliphatic heterocycles. The van der Waals surface area contributed by atoms with E-state index in [0.717, 1.165) is 12.1 Å². The van der Waals surface area contributed by atoms with Crippen LogP contribution in [0, 0.1) is 16.7 Å². The maximum Gasteiger partial charge on any atom is 0.259 e. The van der Waals surface area contributed by atoms with Gasteiger partial charge < -0.3 is 16.0 Å². The fourth-order valence-corrected chi connectivity index (χ4v) is 1.95. The van der Waals surface area contributed by atoms with E-state index in [1.807, 2.05) is 0 Å². The zero-order valence-electron chi connectivity index (χ0n) is 13.5. The number of fused-ring (bicyclic) bond motifs is 1. The Labute approximate surface area is 134 Å². The van der Waals surface area contributed by atoms with E-state index in [2.05, 4.69) is 41.0 Å². The van der Waals surface area contributed by atoms with E-state index in [0.29, 0.717) is 23.4 Å². The third kappa shape index (κ3) is 4.30. The first kappa shape index (κ1) is 16.5. The van der Waals surface area contributed by atoms with Gasteiger partial charge in [0.2, 0.25) is 0 Å². The third-order valence-electron chi connectivity index (χ3n) is 3.17. The number of H-pyrrole nitrogens is 1. The summed E-state index contributed by atoms with van der Waals surface area (Å²) in [7, 11) is 0. The Morgan fingerprint density at radius 1 is 1.52 bits per heavy atom. The molecular weight excluding hydrogens is 292 g/mol. The largest absolute Gasteiger partial charge is 0.368 e. The zero-order valence-corrected chi connectivity index (χ0v) is 13.5. The van der Waals surface area contributed by atoms with Gasteiger partial charge in [0.1, 0.15) is 23.0 Å². The van der Waals surface area contributed by atoms with Gasteiger partial charge in [-0.2, -0.15) is 5.26 Å². The first-order valence-corrected chi connectivity index (χ1v) is 7.27. The Kier molecular flexibility index (Phi) is 4.65. The molecule has 0 aromatic carbocycles. The van der Waals surface area contributed by atoms with Gasteiger partial charge in [-0.3, -0.25) is 4.79 Å². The van der Waals surface area contributed by atoms with Crippen LogP contribution in [0.4, 0.5) is 5.82 Å². The minimum Gasteiger partial charge on any atom is -0.368 e. The van der Waals surface area contributed by atoms with Gasteiger partial charge in [-0.15, -0.1) is 0 Å². The average Bonchev–Trinajstić information content (AvgIpc) is 2.87. The van der Waals surface area contributed by atoms with E-state index in [9.17, 15) is 4.79 Å². The number of carbonyl (C=O) groups is 1. The van der Waals surface area contributed by atoms with Crippen LogP contribution in [-0.2, 0) is 11.2 Å². The lowest BCUT2D eigenvalue weighted by atomic mass is 9.97. The van der Waals surface area contributed by atoms with Gasteiger partial charge in [0.15, 0.2) is 5.65 Å². The van der Waals surface area contributed by atoms with Gasteiger partial charge in [0, 0.05) is 18.3 Å². The minimum atomic E-state index is -0.731. The standard InChI is InChI=1S/C16H20N6O/c1-16(2,3)9-21-12-8-20-15-13(22-12)11(7-19-15)5-4-10(6-17)14(18)23/h4,7-8H,5,9H2,1-3H3,(H2,18,23)(H,19,20)(H,21,22). The van der Waals surface area contributed by atoms with E-state index in [4.69, 9.17) is 11.0 Å². The maximum absolute atomic E-state index is 11.1. The van der Waals surface area contributed by atoms with E-state index >= 15 is 0 Å². The van der Waals surface area contributed by atoms with Crippen LogP contribution < -0.4 is 11.1 Å². The van der Waals surface area contributed by atoms with Gasteiger partial charge in [-0.05, 0) is 11.8 Å². The lowest BCUT2D eigenvalue weighted by Gasteiger charge is -2.18. The van der Waals surface area contributed by atoms with Crippen LogP contribution >= 0.6 is 0 Å². The predicted molar refractivity (Wildman–Crippen MR) is 88.4 cm³/mol. The zero-order chi connectivity index (χ0) is 17.0. The molecule has 2 heterocycles. The number of hydrogen-bond donors (Lipinski definition) is 3. The quantitative estimate of drug-likeness (QED) is 0.575. The van der Waals surface area contributed by atoms with Crippen molar-refractivity contribution in [1.29, 1.82) is 5.26 Å². The Morgan fingerprint density at radius 3 is 2.87 bits per heavy atom. The van der Waals surface area contributed by atoms with E-state index in [1.165, 1.54) is 6.08 Å². The number of anilines is 1. The summed E-state index contributed by atoms with van der Waals surface area (Å²) < 4.78 is 0. The average molecular weight is 312 g/mol. The number of nitriles is 1. The predicted octanol–water partition coefficient (Wildman–Crippen LogP) is 1.89. The number of amides is 1. The maximum atomic E-state index is 11.1. The second kappa shape index (κ2) is 6.48. The van der Waals surface area contributed by atoms with Gasteiger partial charge >= 0.3 is 0 Å². The summed E-state index contributed by atoms with van der Waals surface area (Å²) in [5, 5.41) is 12.1. The molecule has 0 aliphatic carbocycles. The molecule has 120 valence electrons. The highest BCUT2D eigenvalue weighted by Gasteiger charge is 2.12. The topological polar surface area (TPSA) is 120 Å². The van der Waals surface area contributed by atoms with Gasteiger partial charge in [0.25, 0.3) is 5.91 Å². The molecule has 0 bridgehead atoms. The van der Waals surface area contributed by atoms with Gasteiger partial charge in [-0.1, -0.05) is 26.8 Å². The minimum absolute atomic E-state index is 0.0608. The molecule has 2 rings (SSSR count). The number of rotatable bonds is 5. The van der Waals surface area contributed by atoms with Crippen LogP contribution in [0.2, 0.25) is 0 Å². The molecule has 7 heteroatoms. The van der Waals surface area contributed by atoms with Crippen LogP contribution in [0.25, 0.3) is 11.2 Å². The fraction of sp³-hybridized carbons (Fsp3) is 0.375. The highest BCUT2D eigenvalue weighted by atomic mass is 16.1. The Balaban J connectivity index is 2.25. The number of aromatic nitrogens is 3. The summed E-state index contributed by atoms with van der Waals surface area (Å²) in [4.78, 5) is 23.0. The molecule has 0 radical (unpaired) electrons. The van der Waals surface area contributed by atoms with E-state index in [-0.39, 0.29) is 11.0 Å². The molecule has 0 atom stereocenters. The molecular formula is C16H20N6O. The van der Waals surface area contributed by atoms with Crippen LogP contribution in [0.1, 0.15) is 26.3 Å². The van der Waals surface area contributed by atoms with Gasteiger partial charge in [0.05, 0.1) is 6.20 Å². The van der Waals surface area contributed by atoms with Gasteiger partial charge in [-0.25, -0.2) is 9.97 Å². The molecule has 0 aliphatic rings. The number of aromatic amines is 1. The van der Waals surface area contributed by atoms with Crippen LogP contribution in [-0.4, -0.2) is 27.4 Å². The number of nitrogens with zero attached hydrogens (tertiary/aromatic N) is 3. The van der Waals surface area contributed by atoms with Crippen molar-refractivity contribution < 1.29 is 4.79 Å². The van der Waals surface area contributed by atoms with Crippen molar-refractivity contribution in [3.05, 3.63) is 29.6 Å². The summed E-state index contributed by atoms with van der Waals surface area (Å²) in [6.07, 6.45) is 5.32. The van der Waals surface area contributed by atoms with E-state index < -0.39 is 5.91 Å². The summed E-state index contributed by atoms with van der Waals surface area (Å²) in [5.41, 5.74) is 7.41. The number of hydrogen-bond acceptors (Lipinski definition) is 5. The molecule has 0 spiro atoms. The van der Waals surface area contributed by atoms with Crippen LogP contribution in [0.5, 0.6) is 0 Å².